The molecule has 1 aliphatic rings. The minimum atomic E-state index is -0.354. The van der Waals surface area contributed by atoms with E-state index in [2.05, 4.69) is 39.9 Å². The Morgan fingerprint density at radius 2 is 2.21 bits per heavy atom. The van der Waals surface area contributed by atoms with E-state index in [-0.39, 0.29) is 11.4 Å². The van der Waals surface area contributed by atoms with Gasteiger partial charge in [0.05, 0.1) is 40.8 Å². The van der Waals surface area contributed by atoms with Crippen LogP contribution in [-0.4, -0.2) is 21.4 Å². The molecular formula is C13H13BrFN3O. The fourth-order valence-corrected chi connectivity index (χ4v) is 2.76. The summed E-state index contributed by atoms with van der Waals surface area (Å²) in [6.45, 7) is 5.26. The van der Waals surface area contributed by atoms with Crippen LogP contribution in [0.1, 0.15) is 19.5 Å². The van der Waals surface area contributed by atoms with Crippen molar-refractivity contribution in [2.45, 2.75) is 26.0 Å². The largest absolute Gasteiger partial charge is 0.373 e. The molecule has 100 valence electrons. The van der Waals surface area contributed by atoms with Crippen LogP contribution in [0, 0.1) is 5.82 Å². The fraction of sp³-hybridized carbons (Fsp3) is 0.385. The first kappa shape index (κ1) is 12.7. The number of ether oxygens (including phenoxy) is 1. The molecule has 4 nitrogen and oxygen atoms in total. The highest BCUT2D eigenvalue weighted by molar-refractivity contribution is 9.10. The fourth-order valence-electron chi connectivity index (χ4n) is 2.20. The number of hydrogen-bond acceptors (Lipinski definition) is 3. The summed E-state index contributed by atoms with van der Waals surface area (Å²) < 4.78 is 21.3. The van der Waals surface area contributed by atoms with Crippen LogP contribution in [0.2, 0.25) is 0 Å². The minimum Gasteiger partial charge on any atom is -0.373 e. The molecular weight excluding hydrogens is 313 g/mol. The molecule has 0 N–H and O–H groups in total. The first-order chi connectivity index (χ1) is 8.99. The summed E-state index contributed by atoms with van der Waals surface area (Å²) >= 11 is 3.55. The predicted octanol–water partition coefficient (Wildman–Crippen LogP) is 3.11. The molecule has 0 bridgehead atoms. The SMILES string of the molecule is CC1(C)COCc2c(Br)c(-c3ccc(F)cn3)nn21. The molecule has 0 radical (unpaired) electrons. The van der Waals surface area contributed by atoms with Crippen molar-refractivity contribution in [2.75, 3.05) is 6.61 Å². The molecule has 0 aliphatic carbocycles. The molecule has 0 saturated heterocycles. The van der Waals surface area contributed by atoms with Gasteiger partial charge in [-0.15, -0.1) is 0 Å². The Hall–Kier alpha value is -1.27. The van der Waals surface area contributed by atoms with Crippen LogP contribution in [0.4, 0.5) is 4.39 Å². The van der Waals surface area contributed by atoms with Crippen LogP contribution in [0.5, 0.6) is 0 Å². The third-order valence-corrected chi connectivity index (χ3v) is 3.99. The monoisotopic (exact) mass is 325 g/mol. The highest BCUT2D eigenvalue weighted by Crippen LogP contribution is 2.35. The minimum absolute atomic E-state index is 0.200. The highest BCUT2D eigenvalue weighted by atomic mass is 79.9. The van der Waals surface area contributed by atoms with Gasteiger partial charge in [-0.2, -0.15) is 5.10 Å². The molecule has 19 heavy (non-hydrogen) atoms. The van der Waals surface area contributed by atoms with Gasteiger partial charge in [0.25, 0.3) is 0 Å². The smallest absolute Gasteiger partial charge is 0.141 e. The van der Waals surface area contributed by atoms with Crippen molar-refractivity contribution < 1.29 is 9.13 Å². The highest BCUT2D eigenvalue weighted by Gasteiger charge is 2.32. The summed E-state index contributed by atoms with van der Waals surface area (Å²) in [5.41, 5.74) is 2.14. The number of aromatic nitrogens is 3. The van der Waals surface area contributed by atoms with Crippen molar-refractivity contribution >= 4 is 15.9 Å². The van der Waals surface area contributed by atoms with Crippen molar-refractivity contribution in [1.82, 2.24) is 14.8 Å². The third kappa shape index (κ3) is 2.08. The molecule has 0 aromatic carbocycles. The van der Waals surface area contributed by atoms with E-state index in [1.165, 1.54) is 12.3 Å². The number of pyridine rings is 1. The van der Waals surface area contributed by atoms with Gasteiger partial charge in [-0.1, -0.05) is 0 Å². The first-order valence-electron chi connectivity index (χ1n) is 5.96. The van der Waals surface area contributed by atoms with Gasteiger partial charge in [0.1, 0.15) is 11.5 Å². The molecule has 0 unspecified atom stereocenters. The molecule has 0 fully saturated rings. The van der Waals surface area contributed by atoms with E-state index < -0.39 is 0 Å². The van der Waals surface area contributed by atoms with E-state index in [1.54, 1.807) is 6.07 Å². The van der Waals surface area contributed by atoms with E-state index in [9.17, 15) is 4.39 Å². The van der Waals surface area contributed by atoms with E-state index >= 15 is 0 Å². The Balaban J connectivity index is 2.14. The predicted molar refractivity (Wildman–Crippen MR) is 72.1 cm³/mol. The molecule has 3 heterocycles. The van der Waals surface area contributed by atoms with Crippen molar-refractivity contribution in [3.05, 3.63) is 34.3 Å². The van der Waals surface area contributed by atoms with Crippen LogP contribution < -0.4 is 0 Å². The zero-order valence-corrected chi connectivity index (χ0v) is 12.2. The van der Waals surface area contributed by atoms with Crippen molar-refractivity contribution in [2.24, 2.45) is 0 Å². The molecule has 2 aromatic heterocycles. The molecule has 3 rings (SSSR count). The molecule has 0 atom stereocenters. The zero-order chi connectivity index (χ0) is 13.6. The Labute approximate surface area is 118 Å². The van der Waals surface area contributed by atoms with Gasteiger partial charge >= 0.3 is 0 Å². The molecule has 0 amide bonds. The summed E-state index contributed by atoms with van der Waals surface area (Å²) in [4.78, 5) is 4.08. The summed E-state index contributed by atoms with van der Waals surface area (Å²) in [5, 5.41) is 4.61. The maximum absolute atomic E-state index is 12.9. The average molecular weight is 326 g/mol. The van der Waals surface area contributed by atoms with Gasteiger partial charge in [0.15, 0.2) is 0 Å². The first-order valence-corrected chi connectivity index (χ1v) is 6.76. The van der Waals surface area contributed by atoms with Crippen molar-refractivity contribution in [1.29, 1.82) is 0 Å². The Kier molecular flexibility index (Phi) is 2.94. The lowest BCUT2D eigenvalue weighted by atomic mass is 10.1. The number of rotatable bonds is 1. The van der Waals surface area contributed by atoms with Crippen LogP contribution in [0.25, 0.3) is 11.4 Å². The summed E-state index contributed by atoms with van der Waals surface area (Å²) in [5.74, 6) is -0.354. The number of fused-ring (bicyclic) bond motifs is 1. The van der Waals surface area contributed by atoms with Crippen molar-refractivity contribution in [3.8, 4) is 11.4 Å². The lowest BCUT2D eigenvalue weighted by molar-refractivity contribution is 0.0129. The standard InChI is InChI=1S/C13H13BrFN3O/c1-13(2)7-19-6-10-11(14)12(17-18(10)13)9-4-3-8(15)5-16-9/h3-5H,6-7H2,1-2H3. The second-order valence-corrected chi connectivity index (χ2v) is 5.98. The topological polar surface area (TPSA) is 39.9 Å². The van der Waals surface area contributed by atoms with E-state index in [4.69, 9.17) is 4.74 Å². The number of hydrogen-bond donors (Lipinski definition) is 0. The van der Waals surface area contributed by atoms with Gasteiger partial charge in [0, 0.05) is 0 Å². The third-order valence-electron chi connectivity index (χ3n) is 3.15. The Morgan fingerprint density at radius 1 is 1.42 bits per heavy atom. The molecule has 6 heteroatoms. The van der Waals surface area contributed by atoms with E-state index in [0.29, 0.717) is 24.6 Å². The normalized spacial score (nSPS) is 17.3. The van der Waals surface area contributed by atoms with E-state index in [0.717, 1.165) is 10.2 Å². The van der Waals surface area contributed by atoms with Gasteiger partial charge in [-0.25, -0.2) is 4.39 Å². The van der Waals surface area contributed by atoms with Gasteiger partial charge in [-0.3, -0.25) is 9.67 Å². The quantitative estimate of drug-likeness (QED) is 0.808. The molecule has 0 spiro atoms. The number of halogens is 2. The maximum atomic E-state index is 12.9. The van der Waals surface area contributed by atoms with Crippen LogP contribution in [-0.2, 0) is 16.9 Å². The van der Waals surface area contributed by atoms with Crippen LogP contribution in [0.15, 0.2) is 22.8 Å². The maximum Gasteiger partial charge on any atom is 0.141 e. The summed E-state index contributed by atoms with van der Waals surface area (Å²) in [6, 6.07) is 3.01. The summed E-state index contributed by atoms with van der Waals surface area (Å²) in [6.07, 6.45) is 1.20. The zero-order valence-electron chi connectivity index (χ0n) is 10.7. The average Bonchev–Trinajstić information content (AvgIpc) is 2.70. The van der Waals surface area contributed by atoms with Gasteiger partial charge in [0.2, 0.25) is 0 Å². The summed E-state index contributed by atoms with van der Waals surface area (Å²) in [7, 11) is 0. The van der Waals surface area contributed by atoms with Gasteiger partial charge < -0.3 is 4.74 Å². The lowest BCUT2D eigenvalue weighted by Crippen LogP contribution is -2.38. The Morgan fingerprint density at radius 3 is 2.84 bits per heavy atom. The Bertz CT molecular complexity index is 622. The van der Waals surface area contributed by atoms with Gasteiger partial charge in [-0.05, 0) is 41.9 Å². The second kappa shape index (κ2) is 4.38. The van der Waals surface area contributed by atoms with Crippen LogP contribution in [0.3, 0.4) is 0 Å². The van der Waals surface area contributed by atoms with E-state index in [1.807, 2.05) is 4.68 Å². The molecule has 1 aliphatic heterocycles. The second-order valence-electron chi connectivity index (χ2n) is 5.19. The van der Waals surface area contributed by atoms with Crippen LogP contribution >= 0.6 is 15.9 Å². The number of nitrogens with zero attached hydrogens (tertiary/aromatic N) is 3. The van der Waals surface area contributed by atoms with Crippen molar-refractivity contribution in [3.63, 3.8) is 0 Å². The molecule has 0 saturated carbocycles. The lowest BCUT2D eigenvalue weighted by Gasteiger charge is -2.31. The molecule has 2 aromatic rings.